The predicted molar refractivity (Wildman–Crippen MR) is 83.7 cm³/mol. The van der Waals surface area contributed by atoms with Crippen LogP contribution in [0, 0.1) is 0 Å². The molecule has 2 aromatic rings. The molecule has 0 amide bonds. The number of Topliss-reactive ketones (excluding diaryl/α,β-unsaturated/α-hetero) is 1. The van der Waals surface area contributed by atoms with Crippen LogP contribution >= 0.6 is 0 Å². The van der Waals surface area contributed by atoms with Gasteiger partial charge in [-0.05, 0) is 24.3 Å². The molecular weight excluding hydrogens is 296 g/mol. The maximum absolute atomic E-state index is 12.5. The van der Waals surface area contributed by atoms with E-state index in [4.69, 9.17) is 4.74 Å². The summed E-state index contributed by atoms with van der Waals surface area (Å²) in [5, 5.41) is 0. The topological polar surface area (TPSA) is 69.7 Å². The van der Waals surface area contributed by atoms with E-state index in [1.165, 1.54) is 7.11 Å². The van der Waals surface area contributed by atoms with Gasteiger partial charge in [-0.15, -0.1) is 0 Å². The number of hydrogen-bond acceptors (Lipinski definition) is 5. The van der Waals surface area contributed by atoms with Crippen molar-refractivity contribution in [2.45, 2.75) is 12.5 Å². The second-order valence-electron chi connectivity index (χ2n) is 4.80. The van der Waals surface area contributed by atoms with Crippen molar-refractivity contribution in [1.82, 2.24) is 0 Å². The van der Waals surface area contributed by atoms with Gasteiger partial charge in [-0.1, -0.05) is 30.3 Å². The van der Waals surface area contributed by atoms with E-state index in [2.05, 4.69) is 4.74 Å². The minimum Gasteiger partial charge on any atom is -0.482 e. The Morgan fingerprint density at radius 3 is 2.26 bits per heavy atom. The highest BCUT2D eigenvalue weighted by atomic mass is 16.5. The maximum atomic E-state index is 12.5. The molecule has 1 atom stereocenters. The molecule has 5 nitrogen and oxygen atoms in total. The molecule has 0 aromatic heterocycles. The summed E-state index contributed by atoms with van der Waals surface area (Å²) in [5.74, 6) is -0.451. The lowest BCUT2D eigenvalue weighted by molar-refractivity contribution is -0.142. The zero-order chi connectivity index (χ0) is 16.7. The molecule has 0 spiro atoms. The molecule has 0 saturated heterocycles. The van der Waals surface area contributed by atoms with E-state index in [-0.39, 0.29) is 12.2 Å². The van der Waals surface area contributed by atoms with Gasteiger partial charge in [0.25, 0.3) is 0 Å². The molecule has 0 N–H and O–H groups in total. The number of esters is 1. The summed E-state index contributed by atoms with van der Waals surface area (Å²) in [7, 11) is 1.26. The molecule has 0 heterocycles. The van der Waals surface area contributed by atoms with Crippen molar-refractivity contribution < 1.29 is 23.9 Å². The number of hydrogen-bond donors (Lipinski definition) is 0. The van der Waals surface area contributed by atoms with Gasteiger partial charge in [0.1, 0.15) is 12.0 Å². The molecule has 0 aliphatic carbocycles. The number of aldehydes is 1. The fourth-order valence-corrected chi connectivity index (χ4v) is 2.00. The Kier molecular flexibility index (Phi) is 5.63. The van der Waals surface area contributed by atoms with Crippen LogP contribution < -0.4 is 4.74 Å². The Balaban J connectivity index is 2.20. The molecule has 0 radical (unpaired) electrons. The second kappa shape index (κ2) is 7.89. The molecule has 0 fully saturated rings. The van der Waals surface area contributed by atoms with Gasteiger partial charge >= 0.3 is 5.97 Å². The number of ether oxygens (including phenoxy) is 2. The third-order valence-electron chi connectivity index (χ3n) is 3.22. The molecule has 23 heavy (non-hydrogen) atoms. The summed E-state index contributed by atoms with van der Waals surface area (Å²) >= 11 is 0. The second-order valence-corrected chi connectivity index (χ2v) is 4.80. The van der Waals surface area contributed by atoms with E-state index in [1.807, 2.05) is 0 Å². The van der Waals surface area contributed by atoms with E-state index < -0.39 is 12.1 Å². The first kappa shape index (κ1) is 16.4. The molecule has 0 bridgehead atoms. The fourth-order valence-electron chi connectivity index (χ4n) is 2.00. The van der Waals surface area contributed by atoms with Crippen LogP contribution in [0.3, 0.4) is 0 Å². The number of ketones is 1. The lowest BCUT2D eigenvalue weighted by atomic mass is 10.0. The molecule has 118 valence electrons. The van der Waals surface area contributed by atoms with Gasteiger partial charge in [-0.3, -0.25) is 14.4 Å². The van der Waals surface area contributed by atoms with Gasteiger partial charge in [-0.2, -0.15) is 0 Å². The molecule has 1 unspecified atom stereocenters. The molecule has 2 aromatic carbocycles. The van der Waals surface area contributed by atoms with Crippen LogP contribution in [-0.4, -0.2) is 31.3 Å². The van der Waals surface area contributed by atoms with Crippen molar-refractivity contribution in [1.29, 1.82) is 0 Å². The molecule has 0 aliphatic rings. The fraction of sp³-hybridized carbons (Fsp3) is 0.167. The first-order valence-corrected chi connectivity index (χ1v) is 7.02. The van der Waals surface area contributed by atoms with Gasteiger partial charge in [0.15, 0.2) is 6.10 Å². The summed E-state index contributed by atoms with van der Waals surface area (Å²) in [5.41, 5.74) is 0.946. The van der Waals surface area contributed by atoms with Crippen molar-refractivity contribution in [3.05, 3.63) is 65.7 Å². The number of carbonyl (C=O) groups is 3. The zero-order valence-electron chi connectivity index (χ0n) is 12.6. The molecule has 0 aliphatic heterocycles. The zero-order valence-corrected chi connectivity index (χ0v) is 12.6. The molecule has 5 heteroatoms. The van der Waals surface area contributed by atoms with Gasteiger partial charge in [0.2, 0.25) is 5.78 Å². The van der Waals surface area contributed by atoms with Crippen LogP contribution in [0.25, 0.3) is 0 Å². The van der Waals surface area contributed by atoms with Crippen LogP contribution in [0.2, 0.25) is 0 Å². The minimum absolute atomic E-state index is 0.195. The normalized spacial score (nSPS) is 11.3. The lowest BCUT2D eigenvalue weighted by Crippen LogP contribution is -2.30. The first-order valence-electron chi connectivity index (χ1n) is 7.02. The summed E-state index contributed by atoms with van der Waals surface area (Å²) in [6, 6.07) is 14.9. The SMILES string of the molecule is COC(=O)CC(Oc1ccc(C=O)cc1)C(=O)c1ccccc1. The highest BCUT2D eigenvalue weighted by molar-refractivity contribution is 6.01. The van der Waals surface area contributed by atoms with Gasteiger partial charge < -0.3 is 9.47 Å². The van der Waals surface area contributed by atoms with E-state index >= 15 is 0 Å². The van der Waals surface area contributed by atoms with E-state index in [9.17, 15) is 14.4 Å². The van der Waals surface area contributed by atoms with E-state index in [1.54, 1.807) is 54.6 Å². The Morgan fingerprint density at radius 1 is 1.04 bits per heavy atom. The van der Waals surface area contributed by atoms with E-state index in [0.717, 1.165) is 0 Å². The summed E-state index contributed by atoms with van der Waals surface area (Å²) in [6.45, 7) is 0. The van der Waals surface area contributed by atoms with Crippen molar-refractivity contribution in [2.24, 2.45) is 0 Å². The number of rotatable bonds is 7. The Morgan fingerprint density at radius 2 is 1.70 bits per heavy atom. The lowest BCUT2D eigenvalue weighted by Gasteiger charge is -2.17. The highest BCUT2D eigenvalue weighted by Crippen LogP contribution is 2.17. The smallest absolute Gasteiger partial charge is 0.309 e. The van der Waals surface area contributed by atoms with Gasteiger partial charge in [-0.25, -0.2) is 0 Å². The van der Waals surface area contributed by atoms with Crippen LogP contribution in [0.4, 0.5) is 0 Å². The third-order valence-corrected chi connectivity index (χ3v) is 3.22. The number of carbonyl (C=O) groups excluding carboxylic acids is 3. The summed E-state index contributed by atoms with van der Waals surface area (Å²) < 4.78 is 10.3. The van der Waals surface area contributed by atoms with Crippen LogP contribution in [0.15, 0.2) is 54.6 Å². The largest absolute Gasteiger partial charge is 0.482 e. The number of methoxy groups -OCH3 is 1. The average Bonchev–Trinajstić information content (AvgIpc) is 2.61. The van der Waals surface area contributed by atoms with Crippen molar-refractivity contribution in [3.8, 4) is 5.75 Å². The first-order chi connectivity index (χ1) is 11.1. The quantitative estimate of drug-likeness (QED) is 0.446. The monoisotopic (exact) mass is 312 g/mol. The Hall–Kier alpha value is -2.95. The Bertz CT molecular complexity index is 676. The van der Waals surface area contributed by atoms with Crippen LogP contribution in [-0.2, 0) is 9.53 Å². The van der Waals surface area contributed by atoms with E-state index in [0.29, 0.717) is 23.2 Å². The molecule has 0 saturated carbocycles. The van der Waals surface area contributed by atoms with Crippen molar-refractivity contribution in [2.75, 3.05) is 7.11 Å². The summed E-state index contributed by atoms with van der Waals surface area (Å²) in [6.07, 6.45) is -0.475. The third kappa shape index (κ3) is 4.51. The maximum Gasteiger partial charge on any atom is 0.309 e. The Labute approximate surface area is 133 Å². The van der Waals surface area contributed by atoms with Crippen LogP contribution in [0.1, 0.15) is 27.1 Å². The average molecular weight is 312 g/mol. The standard InChI is InChI=1S/C18H16O5/c1-22-17(20)11-16(18(21)14-5-3-2-4-6-14)23-15-9-7-13(12-19)8-10-15/h2-10,12,16H,11H2,1H3. The number of benzene rings is 2. The minimum atomic E-state index is -0.994. The molecular formula is C18H16O5. The van der Waals surface area contributed by atoms with Crippen molar-refractivity contribution >= 4 is 18.0 Å². The highest BCUT2D eigenvalue weighted by Gasteiger charge is 2.25. The predicted octanol–water partition coefficient (Wildman–Crippen LogP) is 2.69. The van der Waals surface area contributed by atoms with Crippen molar-refractivity contribution in [3.63, 3.8) is 0 Å². The molecule has 2 rings (SSSR count). The summed E-state index contributed by atoms with van der Waals surface area (Å²) in [4.78, 5) is 34.7. The van der Waals surface area contributed by atoms with Crippen LogP contribution in [0.5, 0.6) is 5.75 Å². The van der Waals surface area contributed by atoms with Gasteiger partial charge in [0, 0.05) is 11.1 Å². The van der Waals surface area contributed by atoms with Gasteiger partial charge in [0.05, 0.1) is 13.5 Å².